The summed E-state index contributed by atoms with van der Waals surface area (Å²) in [6.07, 6.45) is -4.07. The molecule has 0 saturated carbocycles. The minimum absolute atomic E-state index is 0.0124. The fourth-order valence-electron chi connectivity index (χ4n) is 6.49. The van der Waals surface area contributed by atoms with Crippen molar-refractivity contribution in [2.45, 2.75) is 69.1 Å². The van der Waals surface area contributed by atoms with Gasteiger partial charge in [0, 0.05) is 35.5 Å². The van der Waals surface area contributed by atoms with Crippen LogP contribution in [-0.2, 0) is 25.2 Å². The Labute approximate surface area is 283 Å². The minimum atomic E-state index is -4.83. The number of benzene rings is 2. The normalized spacial score (nSPS) is 20.0. The van der Waals surface area contributed by atoms with Gasteiger partial charge >= 0.3 is 18.2 Å². The number of rotatable bonds is 4. The van der Waals surface area contributed by atoms with Crippen molar-refractivity contribution in [2.24, 2.45) is 0 Å². The number of carbonyl (C=O) groups is 3. The fraction of sp³-hybridized carbons (Fsp3) is 0.424. The molecule has 3 N–H and O–H groups in total. The first-order chi connectivity index (χ1) is 23.4. The van der Waals surface area contributed by atoms with Gasteiger partial charge in [0.05, 0.1) is 36.5 Å². The molecule has 11 nitrogen and oxygen atoms in total. The number of carbonyl (C=O) groups excluding carboxylic acids is 3. The molecule has 2 aliphatic rings. The molecule has 1 saturated heterocycles. The van der Waals surface area contributed by atoms with Gasteiger partial charge in [0.2, 0.25) is 5.91 Å². The summed E-state index contributed by atoms with van der Waals surface area (Å²) in [5.41, 5.74) is -0.295. The van der Waals surface area contributed by atoms with E-state index in [1.54, 1.807) is 18.2 Å². The van der Waals surface area contributed by atoms with Crippen LogP contribution in [0.15, 0.2) is 30.3 Å². The Balaban J connectivity index is 1.55. The summed E-state index contributed by atoms with van der Waals surface area (Å²) in [6, 6.07) is 6.91. The fourth-order valence-corrected chi connectivity index (χ4v) is 6.66. The molecule has 3 atom stereocenters. The Morgan fingerprint density at radius 1 is 1.10 bits per heavy atom. The number of hydrogen-bond donors (Lipinski definition) is 3. The van der Waals surface area contributed by atoms with E-state index < -0.39 is 58.2 Å². The highest BCUT2D eigenvalue weighted by Gasteiger charge is 2.40. The van der Waals surface area contributed by atoms with Crippen molar-refractivity contribution in [3.05, 3.63) is 63.8 Å². The molecule has 0 spiro atoms. The minimum Gasteiger partial charge on any atom is -0.467 e. The third-order valence-electron chi connectivity index (χ3n) is 8.87. The number of fused-ring (bicyclic) bond motifs is 4. The third-order valence-corrected chi connectivity index (χ3v) is 9.16. The number of imidazole rings is 1. The van der Waals surface area contributed by atoms with Crippen LogP contribution in [0.4, 0.5) is 33.7 Å². The largest absolute Gasteiger partial charge is 0.467 e. The first-order valence-corrected chi connectivity index (χ1v) is 15.9. The highest BCUT2D eigenvalue weighted by Crippen LogP contribution is 2.43. The smallest absolute Gasteiger partial charge is 0.416 e. The standard InChI is InChI=1S/C33H33ClF4N6O5/c1-48-31(46)22-5-3-4-6-25(30-42-24(16-39)29(43-30)19-9-8-18(15-23(19)41-22)40-32(47)49-2)44-14-13-17(7-12-26(44)45)27-20(33(36,37)38)10-11-21(34)28(27)35/h8-11,15,17,22,25,41H,3-7,12-14H2,1-2H3,(H,40,47)(H,42,43)/t17?,22-,25+/m1/s1. The number of aromatic amines is 1. The Morgan fingerprint density at radius 3 is 2.55 bits per heavy atom. The molecule has 2 bridgehead atoms. The van der Waals surface area contributed by atoms with Gasteiger partial charge in [-0.2, -0.15) is 18.4 Å². The average Bonchev–Trinajstić information content (AvgIpc) is 3.41. The van der Waals surface area contributed by atoms with Crippen molar-refractivity contribution in [3.63, 3.8) is 0 Å². The number of nitrogens with one attached hydrogen (secondary N) is 3. The topological polar surface area (TPSA) is 149 Å². The number of amides is 2. The number of anilines is 2. The monoisotopic (exact) mass is 704 g/mol. The Bertz CT molecular complexity index is 1790. The third kappa shape index (κ3) is 7.59. The van der Waals surface area contributed by atoms with Gasteiger partial charge in [-0.25, -0.2) is 19.0 Å². The van der Waals surface area contributed by atoms with E-state index in [1.807, 2.05) is 0 Å². The lowest BCUT2D eigenvalue weighted by Crippen LogP contribution is -2.35. The second kappa shape index (κ2) is 14.7. The van der Waals surface area contributed by atoms with E-state index in [4.69, 9.17) is 16.3 Å². The molecule has 16 heteroatoms. The van der Waals surface area contributed by atoms with Crippen LogP contribution in [0, 0.1) is 17.1 Å². The van der Waals surface area contributed by atoms with Crippen LogP contribution in [0.3, 0.4) is 0 Å². The summed E-state index contributed by atoms with van der Waals surface area (Å²) in [5, 5.41) is 15.4. The van der Waals surface area contributed by atoms with Crippen molar-refractivity contribution >= 4 is 40.9 Å². The SMILES string of the molecule is COC(=O)Nc1ccc2c(c1)N[C@@H](C(=O)OC)CCCC[C@H](N1CCC(c3c(C(F)(F)F)ccc(Cl)c3F)CCC1=O)c1nc(C#N)c-2[nH]1. The van der Waals surface area contributed by atoms with Crippen molar-refractivity contribution in [1.82, 2.24) is 14.9 Å². The number of alkyl halides is 3. The highest BCUT2D eigenvalue weighted by atomic mass is 35.5. The molecule has 5 rings (SSSR count). The number of aromatic nitrogens is 2. The molecule has 3 heterocycles. The molecular weight excluding hydrogens is 672 g/mol. The van der Waals surface area contributed by atoms with Crippen LogP contribution in [0.5, 0.6) is 0 Å². The number of likely N-dealkylation sites (tertiary alicyclic amines) is 1. The van der Waals surface area contributed by atoms with Crippen LogP contribution < -0.4 is 10.6 Å². The zero-order valence-corrected chi connectivity index (χ0v) is 27.3. The number of methoxy groups -OCH3 is 2. The van der Waals surface area contributed by atoms with Gasteiger partial charge < -0.3 is 24.7 Å². The van der Waals surface area contributed by atoms with Crippen LogP contribution in [0.2, 0.25) is 5.02 Å². The molecule has 3 aromatic rings. The van der Waals surface area contributed by atoms with Crippen LogP contribution >= 0.6 is 11.6 Å². The quantitative estimate of drug-likeness (QED) is 0.189. The van der Waals surface area contributed by atoms with Gasteiger partial charge in [-0.15, -0.1) is 0 Å². The first-order valence-electron chi connectivity index (χ1n) is 15.5. The Kier molecular flexibility index (Phi) is 10.7. The van der Waals surface area contributed by atoms with Gasteiger partial charge in [0.25, 0.3) is 0 Å². The molecule has 49 heavy (non-hydrogen) atoms. The van der Waals surface area contributed by atoms with Crippen molar-refractivity contribution < 1.29 is 41.4 Å². The number of H-pyrrole nitrogens is 1. The lowest BCUT2D eigenvalue weighted by atomic mass is 9.87. The van der Waals surface area contributed by atoms with E-state index in [0.717, 1.165) is 12.1 Å². The number of ether oxygens (including phenoxy) is 2. The maximum absolute atomic E-state index is 15.2. The predicted molar refractivity (Wildman–Crippen MR) is 170 cm³/mol. The van der Waals surface area contributed by atoms with Crippen LogP contribution in [-0.4, -0.2) is 59.6 Å². The van der Waals surface area contributed by atoms with Crippen molar-refractivity contribution in [2.75, 3.05) is 31.4 Å². The van der Waals surface area contributed by atoms with Gasteiger partial charge in [-0.3, -0.25) is 10.1 Å². The summed E-state index contributed by atoms with van der Waals surface area (Å²) in [5.74, 6) is -2.71. The Hall–Kier alpha value is -4.84. The molecule has 1 aromatic heterocycles. The lowest BCUT2D eigenvalue weighted by molar-refractivity contribution is -0.141. The molecule has 1 unspecified atom stereocenters. The molecule has 2 aliphatic heterocycles. The van der Waals surface area contributed by atoms with E-state index in [1.165, 1.54) is 19.1 Å². The summed E-state index contributed by atoms with van der Waals surface area (Å²) < 4.78 is 66.8. The second-order valence-corrected chi connectivity index (χ2v) is 12.2. The first kappa shape index (κ1) is 35.5. The number of halogens is 5. The van der Waals surface area contributed by atoms with Crippen LogP contribution in [0.25, 0.3) is 11.3 Å². The zero-order valence-electron chi connectivity index (χ0n) is 26.5. The average molecular weight is 705 g/mol. The van der Waals surface area contributed by atoms with Gasteiger partial charge in [0.1, 0.15) is 23.8 Å². The van der Waals surface area contributed by atoms with E-state index in [9.17, 15) is 32.8 Å². The number of nitrogens with zero attached hydrogens (tertiary/aromatic N) is 3. The molecule has 0 aliphatic carbocycles. The van der Waals surface area contributed by atoms with Crippen molar-refractivity contribution in [1.29, 1.82) is 5.26 Å². The molecule has 1 fully saturated rings. The molecule has 2 amide bonds. The zero-order chi connectivity index (χ0) is 35.5. The highest BCUT2D eigenvalue weighted by molar-refractivity contribution is 6.30. The van der Waals surface area contributed by atoms with Gasteiger partial charge in [-0.1, -0.05) is 24.4 Å². The summed E-state index contributed by atoms with van der Waals surface area (Å²) >= 11 is 5.91. The van der Waals surface area contributed by atoms with Gasteiger partial charge in [-0.05, 0) is 61.9 Å². The second-order valence-electron chi connectivity index (χ2n) is 11.8. The summed E-state index contributed by atoms with van der Waals surface area (Å²) in [6.45, 7) is -0.0131. The van der Waals surface area contributed by atoms with Crippen molar-refractivity contribution in [3.8, 4) is 17.3 Å². The van der Waals surface area contributed by atoms with E-state index in [2.05, 4.69) is 31.4 Å². The summed E-state index contributed by atoms with van der Waals surface area (Å²) in [7, 11) is 2.47. The molecule has 0 radical (unpaired) electrons. The van der Waals surface area contributed by atoms with Crippen LogP contribution in [0.1, 0.15) is 79.6 Å². The number of nitriles is 1. The summed E-state index contributed by atoms with van der Waals surface area (Å²) in [4.78, 5) is 47.7. The lowest BCUT2D eigenvalue weighted by Gasteiger charge is -2.30. The molecule has 260 valence electrons. The number of hydrogen-bond acceptors (Lipinski definition) is 8. The maximum Gasteiger partial charge on any atom is 0.416 e. The van der Waals surface area contributed by atoms with E-state index in [0.29, 0.717) is 42.6 Å². The molecule has 2 aromatic carbocycles. The Morgan fingerprint density at radius 2 is 1.86 bits per heavy atom. The van der Waals surface area contributed by atoms with Gasteiger partial charge in [0.15, 0.2) is 5.69 Å². The predicted octanol–water partition coefficient (Wildman–Crippen LogP) is 7.30. The molecular formula is C33H33ClF4N6O5. The van der Waals surface area contributed by atoms with E-state index in [-0.39, 0.29) is 48.9 Å². The maximum atomic E-state index is 15.2. The van der Waals surface area contributed by atoms with E-state index >= 15 is 4.39 Å². The number of esters is 1.